The molecule has 0 spiro atoms. The van der Waals surface area contributed by atoms with Crippen LogP contribution in [0.1, 0.15) is 10.4 Å². The SMILES string of the molecule is O=C(O)c1ccc(I)cc1[O-]. The molecule has 0 saturated carbocycles. The van der Waals surface area contributed by atoms with Crippen LogP contribution in [0.25, 0.3) is 0 Å². The number of benzene rings is 1. The molecular formula is C7H4IO3-. The average Bonchev–Trinajstić information content (AvgIpc) is 1.85. The third-order valence-corrected chi connectivity index (χ3v) is 1.85. The minimum Gasteiger partial charge on any atom is -0.872 e. The fourth-order valence-electron chi connectivity index (χ4n) is 0.673. The van der Waals surface area contributed by atoms with Gasteiger partial charge in [0.2, 0.25) is 0 Å². The van der Waals surface area contributed by atoms with Crippen LogP contribution in [0.2, 0.25) is 0 Å². The van der Waals surface area contributed by atoms with Crippen LogP contribution in [0.5, 0.6) is 5.75 Å². The standard InChI is InChI=1S/C7H5IO3/c8-4-1-2-5(7(10)11)6(9)3-4/h1-3,9H,(H,10,11)/p-1. The summed E-state index contributed by atoms with van der Waals surface area (Å²) in [5, 5.41) is 19.3. The van der Waals surface area contributed by atoms with E-state index in [4.69, 9.17) is 5.11 Å². The number of carboxylic acids is 1. The van der Waals surface area contributed by atoms with Gasteiger partial charge >= 0.3 is 5.97 Å². The van der Waals surface area contributed by atoms with E-state index in [1.165, 1.54) is 12.1 Å². The van der Waals surface area contributed by atoms with Crippen LogP contribution < -0.4 is 5.11 Å². The van der Waals surface area contributed by atoms with Crippen LogP contribution in [0.4, 0.5) is 0 Å². The molecule has 0 saturated heterocycles. The van der Waals surface area contributed by atoms with Gasteiger partial charge in [0.1, 0.15) is 0 Å². The molecule has 0 amide bonds. The van der Waals surface area contributed by atoms with Crippen LogP contribution in [0.3, 0.4) is 0 Å². The largest absolute Gasteiger partial charge is 0.872 e. The predicted molar refractivity (Wildman–Crippen MR) is 45.6 cm³/mol. The number of carboxylic acid groups (broad SMARTS) is 1. The van der Waals surface area contributed by atoms with Crippen molar-refractivity contribution in [3.63, 3.8) is 0 Å². The molecule has 0 radical (unpaired) electrons. The first-order chi connectivity index (χ1) is 5.11. The number of rotatable bonds is 1. The summed E-state index contributed by atoms with van der Waals surface area (Å²) < 4.78 is 0.748. The number of hydrogen-bond donors (Lipinski definition) is 1. The van der Waals surface area contributed by atoms with Crippen molar-refractivity contribution in [2.75, 3.05) is 0 Å². The highest BCUT2D eigenvalue weighted by Gasteiger charge is 2.01. The highest BCUT2D eigenvalue weighted by molar-refractivity contribution is 14.1. The van der Waals surface area contributed by atoms with Crippen molar-refractivity contribution in [1.29, 1.82) is 0 Å². The molecule has 11 heavy (non-hydrogen) atoms. The number of aromatic carboxylic acids is 1. The number of carbonyl (C=O) groups is 1. The minimum absolute atomic E-state index is 0.176. The van der Waals surface area contributed by atoms with Gasteiger partial charge in [-0.3, -0.25) is 0 Å². The molecule has 0 unspecified atom stereocenters. The van der Waals surface area contributed by atoms with Crippen molar-refractivity contribution in [2.24, 2.45) is 0 Å². The lowest BCUT2D eigenvalue weighted by atomic mass is 10.2. The Bertz CT molecular complexity index is 296. The van der Waals surface area contributed by atoms with E-state index in [-0.39, 0.29) is 5.56 Å². The van der Waals surface area contributed by atoms with Crippen molar-refractivity contribution in [2.45, 2.75) is 0 Å². The van der Waals surface area contributed by atoms with E-state index >= 15 is 0 Å². The Morgan fingerprint density at radius 3 is 2.64 bits per heavy atom. The maximum Gasteiger partial charge on any atom is 0.335 e. The third-order valence-electron chi connectivity index (χ3n) is 1.17. The van der Waals surface area contributed by atoms with E-state index in [0.717, 1.165) is 3.57 Å². The van der Waals surface area contributed by atoms with Gasteiger partial charge in [-0.2, -0.15) is 0 Å². The predicted octanol–water partition coefficient (Wildman–Crippen LogP) is 1.06. The summed E-state index contributed by atoms with van der Waals surface area (Å²) in [5.41, 5.74) is -0.176. The monoisotopic (exact) mass is 263 g/mol. The number of halogens is 1. The van der Waals surface area contributed by atoms with Gasteiger partial charge in [-0.1, -0.05) is 11.8 Å². The van der Waals surface area contributed by atoms with Gasteiger partial charge < -0.3 is 10.2 Å². The van der Waals surface area contributed by atoms with E-state index in [1.807, 2.05) is 22.6 Å². The fraction of sp³-hybridized carbons (Fsp3) is 0. The first kappa shape index (κ1) is 8.32. The van der Waals surface area contributed by atoms with E-state index in [1.54, 1.807) is 6.07 Å². The molecule has 0 atom stereocenters. The zero-order chi connectivity index (χ0) is 8.43. The Labute approximate surface area is 76.8 Å². The van der Waals surface area contributed by atoms with E-state index in [0.29, 0.717) is 0 Å². The summed E-state index contributed by atoms with van der Waals surface area (Å²) in [5.74, 6) is -1.61. The van der Waals surface area contributed by atoms with Gasteiger partial charge in [-0.15, -0.1) is 0 Å². The van der Waals surface area contributed by atoms with Crippen LogP contribution in [0.15, 0.2) is 18.2 Å². The van der Waals surface area contributed by atoms with E-state index in [9.17, 15) is 9.90 Å². The lowest BCUT2D eigenvalue weighted by Crippen LogP contribution is -2.03. The topological polar surface area (TPSA) is 60.4 Å². The third kappa shape index (κ3) is 1.83. The van der Waals surface area contributed by atoms with Crippen molar-refractivity contribution in [3.05, 3.63) is 27.3 Å². The Kier molecular flexibility index (Phi) is 2.33. The quantitative estimate of drug-likeness (QED) is 0.771. The van der Waals surface area contributed by atoms with Crippen molar-refractivity contribution >= 4 is 28.6 Å². The first-order valence-corrected chi connectivity index (χ1v) is 3.89. The van der Waals surface area contributed by atoms with Gasteiger partial charge in [-0.05, 0) is 34.7 Å². The van der Waals surface area contributed by atoms with Crippen LogP contribution >= 0.6 is 22.6 Å². The molecule has 0 aliphatic rings. The van der Waals surface area contributed by atoms with Crippen molar-refractivity contribution in [3.8, 4) is 5.75 Å². The summed E-state index contributed by atoms with van der Waals surface area (Å²) in [6.07, 6.45) is 0. The Hall–Kier alpha value is -0.780. The lowest BCUT2D eigenvalue weighted by molar-refractivity contribution is -0.268. The smallest absolute Gasteiger partial charge is 0.335 e. The molecule has 1 aromatic rings. The summed E-state index contributed by atoms with van der Waals surface area (Å²) >= 11 is 1.95. The molecule has 0 heterocycles. The summed E-state index contributed by atoms with van der Waals surface area (Å²) in [6, 6.07) is 4.20. The molecule has 3 nitrogen and oxygen atoms in total. The van der Waals surface area contributed by atoms with Crippen LogP contribution in [-0.2, 0) is 0 Å². The fourth-order valence-corrected chi connectivity index (χ4v) is 1.14. The maximum absolute atomic E-state index is 10.9. The summed E-state index contributed by atoms with van der Waals surface area (Å²) in [4.78, 5) is 10.3. The second kappa shape index (κ2) is 3.08. The molecule has 1 aromatic carbocycles. The minimum atomic E-state index is -1.17. The molecule has 58 valence electrons. The molecule has 1 N–H and O–H groups in total. The maximum atomic E-state index is 10.9. The zero-order valence-corrected chi connectivity index (χ0v) is 7.53. The molecule has 0 bridgehead atoms. The second-order valence-electron chi connectivity index (χ2n) is 1.95. The van der Waals surface area contributed by atoms with Gasteiger partial charge in [0.25, 0.3) is 0 Å². The summed E-state index contributed by atoms with van der Waals surface area (Å²) in [7, 11) is 0. The second-order valence-corrected chi connectivity index (χ2v) is 3.19. The normalized spacial score (nSPS) is 9.55. The Morgan fingerprint density at radius 2 is 2.18 bits per heavy atom. The Morgan fingerprint density at radius 1 is 1.55 bits per heavy atom. The van der Waals surface area contributed by atoms with Crippen LogP contribution in [0, 0.1) is 3.57 Å². The first-order valence-electron chi connectivity index (χ1n) is 2.81. The molecule has 1 rings (SSSR count). The van der Waals surface area contributed by atoms with Crippen molar-refractivity contribution < 1.29 is 15.0 Å². The van der Waals surface area contributed by atoms with Crippen molar-refractivity contribution in [1.82, 2.24) is 0 Å². The highest BCUT2D eigenvalue weighted by Crippen LogP contribution is 2.16. The molecular weight excluding hydrogens is 259 g/mol. The highest BCUT2D eigenvalue weighted by atomic mass is 127. The van der Waals surface area contributed by atoms with E-state index < -0.39 is 11.7 Å². The zero-order valence-electron chi connectivity index (χ0n) is 5.37. The lowest BCUT2D eigenvalue weighted by Gasteiger charge is -2.08. The number of hydrogen-bond acceptors (Lipinski definition) is 2. The van der Waals surface area contributed by atoms with Gasteiger partial charge in [0, 0.05) is 3.57 Å². The average molecular weight is 263 g/mol. The van der Waals surface area contributed by atoms with Gasteiger partial charge in [0.05, 0.1) is 5.56 Å². The summed E-state index contributed by atoms with van der Waals surface area (Å²) in [6.45, 7) is 0. The molecule has 0 aliphatic heterocycles. The van der Waals surface area contributed by atoms with Crippen LogP contribution in [-0.4, -0.2) is 11.1 Å². The molecule has 0 aromatic heterocycles. The molecule has 4 heteroatoms. The van der Waals surface area contributed by atoms with E-state index in [2.05, 4.69) is 0 Å². The van der Waals surface area contributed by atoms with Gasteiger partial charge in [-0.25, -0.2) is 4.79 Å². The van der Waals surface area contributed by atoms with Gasteiger partial charge in [0.15, 0.2) is 0 Å². The molecule has 0 aliphatic carbocycles. The Balaban J connectivity index is 3.20. The molecule has 0 fully saturated rings.